The van der Waals surface area contributed by atoms with E-state index in [9.17, 15) is 20.0 Å². The van der Waals surface area contributed by atoms with Crippen LogP contribution in [0.1, 0.15) is 11.6 Å². The number of methoxy groups -OCH3 is 2. The van der Waals surface area contributed by atoms with E-state index in [0.717, 1.165) is 0 Å². The van der Waals surface area contributed by atoms with Crippen molar-refractivity contribution >= 4 is 23.0 Å². The standard InChI is InChI=1S/C24H21N3O6/c1-32-18-8-4-16(5-9-18)25-20-14-21(15-3-12-23(28)22(13-15)27(30)31)26(24(20)29)17-6-10-19(33-2)11-7-17/h3-14,21,25,28H,1-2H3. The van der Waals surface area contributed by atoms with Gasteiger partial charge in [0.1, 0.15) is 17.2 Å². The molecule has 0 aliphatic carbocycles. The molecular weight excluding hydrogens is 426 g/mol. The van der Waals surface area contributed by atoms with Gasteiger partial charge in [0.2, 0.25) is 0 Å². The van der Waals surface area contributed by atoms with Crippen molar-refractivity contribution in [3.05, 3.63) is 94.2 Å². The number of nitrogens with one attached hydrogen (secondary N) is 1. The molecule has 1 unspecified atom stereocenters. The van der Waals surface area contributed by atoms with E-state index >= 15 is 0 Å². The van der Waals surface area contributed by atoms with E-state index in [2.05, 4.69) is 5.32 Å². The lowest BCUT2D eigenvalue weighted by Gasteiger charge is -2.25. The van der Waals surface area contributed by atoms with Gasteiger partial charge in [-0.25, -0.2) is 0 Å². The lowest BCUT2D eigenvalue weighted by atomic mass is 10.0. The van der Waals surface area contributed by atoms with E-state index in [-0.39, 0.29) is 5.91 Å². The van der Waals surface area contributed by atoms with Crippen molar-refractivity contribution in [3.63, 3.8) is 0 Å². The monoisotopic (exact) mass is 447 g/mol. The molecule has 9 nitrogen and oxygen atoms in total. The molecule has 1 aliphatic heterocycles. The predicted molar refractivity (Wildman–Crippen MR) is 123 cm³/mol. The van der Waals surface area contributed by atoms with Gasteiger partial charge in [0, 0.05) is 17.4 Å². The van der Waals surface area contributed by atoms with Crippen molar-refractivity contribution < 1.29 is 24.3 Å². The Labute approximate surface area is 189 Å². The highest BCUT2D eigenvalue weighted by Crippen LogP contribution is 2.39. The Balaban J connectivity index is 1.74. The van der Waals surface area contributed by atoms with Crippen LogP contribution in [0.5, 0.6) is 17.2 Å². The van der Waals surface area contributed by atoms with Crippen molar-refractivity contribution in [2.75, 3.05) is 24.4 Å². The van der Waals surface area contributed by atoms with E-state index in [1.807, 2.05) is 0 Å². The summed E-state index contributed by atoms with van der Waals surface area (Å²) >= 11 is 0. The Morgan fingerprint density at radius 3 is 2.15 bits per heavy atom. The lowest BCUT2D eigenvalue weighted by molar-refractivity contribution is -0.385. The normalized spacial score (nSPS) is 15.2. The summed E-state index contributed by atoms with van der Waals surface area (Å²) in [5.41, 5.74) is 1.64. The maximum Gasteiger partial charge on any atom is 0.311 e. The number of nitro groups is 1. The average molecular weight is 447 g/mol. The first-order valence-corrected chi connectivity index (χ1v) is 9.99. The fourth-order valence-corrected chi connectivity index (χ4v) is 3.62. The van der Waals surface area contributed by atoms with E-state index in [4.69, 9.17) is 9.47 Å². The number of nitro benzene ring substituents is 1. The molecule has 33 heavy (non-hydrogen) atoms. The molecule has 0 fully saturated rings. The first-order chi connectivity index (χ1) is 15.9. The third-order valence-corrected chi connectivity index (χ3v) is 5.31. The summed E-state index contributed by atoms with van der Waals surface area (Å²) in [6.45, 7) is 0. The van der Waals surface area contributed by atoms with Crippen LogP contribution in [0.25, 0.3) is 0 Å². The Kier molecular flexibility index (Phi) is 5.86. The molecule has 0 saturated heterocycles. The second-order valence-electron chi connectivity index (χ2n) is 7.26. The third-order valence-electron chi connectivity index (χ3n) is 5.31. The van der Waals surface area contributed by atoms with Crippen molar-refractivity contribution in [2.24, 2.45) is 0 Å². The largest absolute Gasteiger partial charge is 0.502 e. The quantitative estimate of drug-likeness (QED) is 0.407. The molecule has 0 radical (unpaired) electrons. The molecular formula is C24H21N3O6. The fraction of sp³-hybridized carbons (Fsp3) is 0.125. The Hall–Kier alpha value is -4.53. The van der Waals surface area contributed by atoms with Crippen molar-refractivity contribution in [3.8, 4) is 17.2 Å². The van der Waals surface area contributed by atoms with Gasteiger partial charge >= 0.3 is 5.69 Å². The summed E-state index contributed by atoms with van der Waals surface area (Å²) < 4.78 is 10.4. The van der Waals surface area contributed by atoms with Crippen LogP contribution < -0.4 is 19.7 Å². The van der Waals surface area contributed by atoms with E-state index in [1.165, 1.54) is 17.0 Å². The maximum absolute atomic E-state index is 13.4. The minimum absolute atomic E-state index is 0.309. The highest BCUT2D eigenvalue weighted by atomic mass is 16.6. The summed E-state index contributed by atoms with van der Waals surface area (Å²) in [4.78, 5) is 25.6. The minimum Gasteiger partial charge on any atom is -0.502 e. The zero-order valence-corrected chi connectivity index (χ0v) is 17.9. The first kappa shape index (κ1) is 21.7. The van der Waals surface area contributed by atoms with Crippen molar-refractivity contribution in [2.45, 2.75) is 6.04 Å². The van der Waals surface area contributed by atoms with E-state index in [0.29, 0.717) is 34.1 Å². The predicted octanol–water partition coefficient (Wildman–Crippen LogP) is 4.40. The van der Waals surface area contributed by atoms with Crippen molar-refractivity contribution in [1.82, 2.24) is 0 Å². The van der Waals surface area contributed by atoms with Gasteiger partial charge in [-0.2, -0.15) is 0 Å². The van der Waals surface area contributed by atoms with Gasteiger partial charge in [0.15, 0.2) is 5.75 Å². The summed E-state index contributed by atoms with van der Waals surface area (Å²) in [5.74, 6) is 0.564. The van der Waals surface area contributed by atoms with Gasteiger partial charge in [-0.05, 0) is 66.2 Å². The number of aromatic hydroxyl groups is 1. The SMILES string of the molecule is COc1ccc(NC2=CC(c3ccc(O)c([N+](=O)[O-])c3)N(c3ccc(OC)cc3)C2=O)cc1. The zero-order chi connectivity index (χ0) is 23.5. The summed E-state index contributed by atoms with van der Waals surface area (Å²) in [7, 11) is 3.12. The summed E-state index contributed by atoms with van der Waals surface area (Å²) in [5, 5.41) is 24.3. The molecule has 168 valence electrons. The molecule has 1 aliphatic rings. The van der Waals surface area contributed by atoms with Crippen LogP contribution in [-0.2, 0) is 4.79 Å². The number of anilines is 2. The average Bonchev–Trinajstić information content (AvgIpc) is 3.15. The van der Waals surface area contributed by atoms with Gasteiger partial charge in [0.25, 0.3) is 5.91 Å². The molecule has 0 saturated carbocycles. The Bertz CT molecular complexity index is 1220. The second-order valence-corrected chi connectivity index (χ2v) is 7.26. The molecule has 4 rings (SSSR count). The van der Waals surface area contributed by atoms with E-state index < -0.39 is 22.4 Å². The number of carbonyl (C=O) groups excluding carboxylic acids is 1. The summed E-state index contributed by atoms with van der Waals surface area (Å²) in [6.07, 6.45) is 1.70. The number of hydrogen-bond acceptors (Lipinski definition) is 7. The molecule has 9 heteroatoms. The van der Waals surface area contributed by atoms with Crippen LogP contribution in [-0.4, -0.2) is 30.2 Å². The van der Waals surface area contributed by atoms with Crippen LogP contribution in [0.3, 0.4) is 0 Å². The Morgan fingerprint density at radius 1 is 0.970 bits per heavy atom. The zero-order valence-electron chi connectivity index (χ0n) is 17.9. The molecule has 3 aromatic rings. The molecule has 1 heterocycles. The maximum atomic E-state index is 13.4. The molecule has 2 N–H and O–H groups in total. The van der Waals surface area contributed by atoms with Gasteiger partial charge < -0.3 is 19.9 Å². The highest BCUT2D eigenvalue weighted by Gasteiger charge is 2.35. The number of ether oxygens (including phenoxy) is 2. The number of rotatable bonds is 7. The second kappa shape index (κ2) is 8.91. The fourth-order valence-electron chi connectivity index (χ4n) is 3.62. The smallest absolute Gasteiger partial charge is 0.311 e. The van der Waals surface area contributed by atoms with Gasteiger partial charge in [-0.1, -0.05) is 6.07 Å². The van der Waals surface area contributed by atoms with Gasteiger partial charge in [-0.15, -0.1) is 0 Å². The molecule has 0 bridgehead atoms. The number of benzene rings is 3. The number of carbonyl (C=O) groups is 1. The number of phenols is 1. The van der Waals surface area contributed by atoms with Crippen LogP contribution in [0.2, 0.25) is 0 Å². The number of hydrogen-bond donors (Lipinski definition) is 2. The Morgan fingerprint density at radius 2 is 1.58 bits per heavy atom. The highest BCUT2D eigenvalue weighted by molar-refractivity contribution is 6.11. The minimum atomic E-state index is -0.659. The van der Waals surface area contributed by atoms with Crippen LogP contribution in [0.15, 0.2) is 78.5 Å². The summed E-state index contributed by atoms with van der Waals surface area (Å²) in [6, 6.07) is 17.5. The van der Waals surface area contributed by atoms with Gasteiger partial charge in [-0.3, -0.25) is 19.8 Å². The third kappa shape index (κ3) is 4.29. The van der Waals surface area contributed by atoms with Crippen molar-refractivity contribution in [1.29, 1.82) is 0 Å². The van der Waals surface area contributed by atoms with Crippen LogP contribution in [0, 0.1) is 10.1 Å². The number of nitrogens with zero attached hydrogens (tertiary/aromatic N) is 2. The van der Waals surface area contributed by atoms with Gasteiger partial charge in [0.05, 0.1) is 25.2 Å². The van der Waals surface area contributed by atoms with Crippen LogP contribution >= 0.6 is 0 Å². The molecule has 0 aromatic heterocycles. The molecule has 1 amide bonds. The number of phenolic OH excluding ortho intramolecular Hbond substituents is 1. The van der Waals surface area contributed by atoms with Crippen LogP contribution in [0.4, 0.5) is 17.1 Å². The first-order valence-electron chi connectivity index (χ1n) is 9.99. The molecule has 0 spiro atoms. The van der Waals surface area contributed by atoms with E-state index in [1.54, 1.807) is 74.9 Å². The number of amides is 1. The lowest BCUT2D eigenvalue weighted by Crippen LogP contribution is -2.30. The molecule has 3 aromatic carbocycles. The molecule has 1 atom stereocenters. The topological polar surface area (TPSA) is 114 Å².